The molecule has 31 heavy (non-hydrogen) atoms. The molecule has 2 N–H and O–H groups in total. The van der Waals surface area contributed by atoms with Crippen LogP contribution in [-0.4, -0.2) is 53.5 Å². The molecule has 0 bridgehead atoms. The molecule has 2 aromatic rings. The maximum Gasteiger partial charge on any atom is 0.322 e. The third kappa shape index (κ3) is 3.17. The van der Waals surface area contributed by atoms with Gasteiger partial charge in [0.25, 0.3) is 11.8 Å². The van der Waals surface area contributed by atoms with Crippen LogP contribution in [-0.2, 0) is 29.8 Å². The molecule has 3 aliphatic rings. The number of hydrogen-bond acceptors (Lipinski definition) is 7. The van der Waals surface area contributed by atoms with Crippen molar-refractivity contribution in [3.63, 3.8) is 0 Å². The van der Waals surface area contributed by atoms with Crippen LogP contribution >= 0.6 is 11.9 Å². The lowest BCUT2D eigenvalue weighted by Gasteiger charge is -2.29. The Balaban J connectivity index is 1.49. The Hall–Kier alpha value is -2.98. The number of ether oxygens (including phenoxy) is 1. The number of benzene rings is 1. The Kier molecular flexibility index (Phi) is 4.71. The van der Waals surface area contributed by atoms with Gasteiger partial charge >= 0.3 is 6.03 Å². The smallest absolute Gasteiger partial charge is 0.322 e. The predicted octanol–water partition coefficient (Wildman–Crippen LogP) is 1.61. The normalized spacial score (nSPS) is 22.9. The first-order chi connectivity index (χ1) is 14.9. The summed E-state index contributed by atoms with van der Waals surface area (Å²) >= 11 is 1.65. The zero-order valence-corrected chi connectivity index (χ0v) is 18.0. The van der Waals surface area contributed by atoms with Gasteiger partial charge in [-0.3, -0.25) is 14.9 Å². The molecule has 1 atom stereocenters. The highest BCUT2D eigenvalue weighted by atomic mass is 32.2. The molecular weight excluding hydrogens is 420 g/mol. The molecule has 4 heterocycles. The first-order valence-electron chi connectivity index (χ1n) is 9.94. The number of methoxy groups -OCH3 is 1. The van der Waals surface area contributed by atoms with Crippen LogP contribution in [0.1, 0.15) is 33.0 Å². The van der Waals surface area contributed by atoms with E-state index in [1.54, 1.807) is 36.1 Å². The molecule has 5 rings (SSSR count). The number of rotatable bonds is 5. The number of nitrogens with one attached hydrogen (secondary N) is 2. The summed E-state index contributed by atoms with van der Waals surface area (Å²) in [7, 11) is 1.54. The molecule has 162 valence electrons. The van der Waals surface area contributed by atoms with E-state index in [9.17, 15) is 14.4 Å². The second-order valence-corrected chi connectivity index (χ2v) is 8.73. The molecule has 0 unspecified atom stereocenters. The fourth-order valence-electron chi connectivity index (χ4n) is 4.41. The number of amides is 4. The molecule has 1 fully saturated rings. The van der Waals surface area contributed by atoms with Crippen molar-refractivity contribution in [1.82, 2.24) is 19.8 Å². The van der Waals surface area contributed by atoms with E-state index in [4.69, 9.17) is 9.15 Å². The van der Waals surface area contributed by atoms with Gasteiger partial charge in [0.1, 0.15) is 17.3 Å². The standard InChI is InChI=1S/C21H22N4O5S/c1-29-14-4-3-12-9-24(18(26)15(12)8-14)11-21(19(27)22-20(28)23-21)17-7-13-10-25(31-2)6-5-16(13)30-17/h3-4,7-8H,5-6,9-11H2,1-2H3,(H2,22,23,27,28)/t21-/m0/s1. The van der Waals surface area contributed by atoms with Crippen molar-refractivity contribution < 1.29 is 23.5 Å². The number of imide groups is 1. The predicted molar refractivity (Wildman–Crippen MR) is 112 cm³/mol. The second-order valence-electron chi connectivity index (χ2n) is 7.85. The summed E-state index contributed by atoms with van der Waals surface area (Å²) in [5, 5.41) is 5.05. The van der Waals surface area contributed by atoms with E-state index in [-0.39, 0.29) is 12.5 Å². The Morgan fingerprint density at radius 3 is 2.74 bits per heavy atom. The van der Waals surface area contributed by atoms with Crippen molar-refractivity contribution in [3.05, 3.63) is 52.5 Å². The third-order valence-electron chi connectivity index (χ3n) is 6.08. The Labute approximate surface area is 183 Å². The summed E-state index contributed by atoms with van der Waals surface area (Å²) in [6.45, 7) is 1.84. The van der Waals surface area contributed by atoms with Gasteiger partial charge < -0.3 is 19.4 Å². The number of carbonyl (C=O) groups excluding carboxylic acids is 3. The van der Waals surface area contributed by atoms with Gasteiger partial charge in [-0.25, -0.2) is 9.10 Å². The van der Waals surface area contributed by atoms with Crippen molar-refractivity contribution in [3.8, 4) is 5.75 Å². The van der Waals surface area contributed by atoms with Crippen LogP contribution in [0, 0.1) is 0 Å². The first-order valence-corrected chi connectivity index (χ1v) is 11.1. The zero-order valence-electron chi connectivity index (χ0n) is 17.2. The summed E-state index contributed by atoms with van der Waals surface area (Å²) in [4.78, 5) is 39.7. The molecule has 4 amide bonds. The van der Waals surface area contributed by atoms with Crippen LogP contribution in [0.3, 0.4) is 0 Å². The van der Waals surface area contributed by atoms with Gasteiger partial charge in [0.15, 0.2) is 5.54 Å². The molecule has 9 nitrogen and oxygen atoms in total. The van der Waals surface area contributed by atoms with Gasteiger partial charge in [-0.05, 0) is 30.0 Å². The van der Waals surface area contributed by atoms with Crippen LogP contribution in [0.5, 0.6) is 5.75 Å². The average Bonchev–Trinajstić information content (AvgIpc) is 3.41. The minimum Gasteiger partial charge on any atom is -0.497 e. The maximum atomic E-state index is 13.1. The zero-order chi connectivity index (χ0) is 21.8. The van der Waals surface area contributed by atoms with E-state index in [1.165, 1.54) is 0 Å². The molecule has 10 heteroatoms. The molecule has 1 aromatic heterocycles. The summed E-state index contributed by atoms with van der Waals surface area (Å²) in [6.07, 6.45) is 2.74. The Morgan fingerprint density at radius 2 is 2.03 bits per heavy atom. The summed E-state index contributed by atoms with van der Waals surface area (Å²) in [6, 6.07) is 6.57. The van der Waals surface area contributed by atoms with E-state index < -0.39 is 17.5 Å². The van der Waals surface area contributed by atoms with Crippen LogP contribution in [0.2, 0.25) is 0 Å². The van der Waals surface area contributed by atoms with E-state index >= 15 is 0 Å². The van der Waals surface area contributed by atoms with Crippen LogP contribution in [0.4, 0.5) is 4.79 Å². The average molecular weight is 442 g/mol. The van der Waals surface area contributed by atoms with Crippen LogP contribution < -0.4 is 15.4 Å². The van der Waals surface area contributed by atoms with Gasteiger partial charge in [0.2, 0.25) is 0 Å². The molecule has 0 spiro atoms. The van der Waals surface area contributed by atoms with E-state index in [0.29, 0.717) is 30.2 Å². The van der Waals surface area contributed by atoms with E-state index in [1.807, 2.05) is 18.4 Å². The summed E-state index contributed by atoms with van der Waals surface area (Å²) in [5.74, 6) is 1.02. The topological polar surface area (TPSA) is 104 Å². The van der Waals surface area contributed by atoms with Gasteiger partial charge in [-0.2, -0.15) is 0 Å². The number of fused-ring (bicyclic) bond motifs is 2. The quantitative estimate of drug-likeness (QED) is 0.536. The van der Waals surface area contributed by atoms with Crippen molar-refractivity contribution in [2.24, 2.45) is 0 Å². The summed E-state index contributed by atoms with van der Waals surface area (Å²) < 4.78 is 13.5. The highest BCUT2D eigenvalue weighted by molar-refractivity contribution is 7.96. The van der Waals surface area contributed by atoms with Crippen molar-refractivity contribution >= 4 is 29.8 Å². The monoisotopic (exact) mass is 442 g/mol. The van der Waals surface area contributed by atoms with Crippen LogP contribution in [0.15, 0.2) is 28.7 Å². The number of nitrogens with zero attached hydrogens (tertiary/aromatic N) is 2. The molecule has 1 saturated heterocycles. The lowest BCUT2D eigenvalue weighted by Crippen LogP contribution is -2.52. The maximum absolute atomic E-state index is 13.1. The van der Waals surface area contributed by atoms with Crippen molar-refractivity contribution in [2.75, 3.05) is 26.5 Å². The summed E-state index contributed by atoms with van der Waals surface area (Å²) in [5.41, 5.74) is 0.902. The Morgan fingerprint density at radius 1 is 1.19 bits per heavy atom. The molecule has 0 radical (unpaired) electrons. The molecule has 0 aliphatic carbocycles. The molecule has 0 saturated carbocycles. The highest BCUT2D eigenvalue weighted by Crippen LogP contribution is 2.36. The third-order valence-corrected chi connectivity index (χ3v) is 6.90. The number of furan rings is 1. The first kappa shape index (κ1) is 20.0. The highest BCUT2D eigenvalue weighted by Gasteiger charge is 2.53. The lowest BCUT2D eigenvalue weighted by atomic mass is 9.94. The molecule has 1 aromatic carbocycles. The number of urea groups is 1. The van der Waals surface area contributed by atoms with E-state index in [0.717, 1.165) is 29.9 Å². The second kappa shape index (κ2) is 7.31. The van der Waals surface area contributed by atoms with Crippen molar-refractivity contribution in [2.45, 2.75) is 25.0 Å². The van der Waals surface area contributed by atoms with Gasteiger partial charge in [0.05, 0.1) is 13.7 Å². The van der Waals surface area contributed by atoms with Crippen molar-refractivity contribution in [1.29, 1.82) is 0 Å². The fraction of sp³-hybridized carbons (Fsp3) is 0.381. The largest absolute Gasteiger partial charge is 0.497 e. The Bertz CT molecular complexity index is 1100. The lowest BCUT2D eigenvalue weighted by molar-refractivity contribution is -0.125. The number of hydrogen-bond donors (Lipinski definition) is 2. The number of carbonyl (C=O) groups is 3. The van der Waals surface area contributed by atoms with Crippen LogP contribution in [0.25, 0.3) is 0 Å². The minimum atomic E-state index is -1.47. The minimum absolute atomic E-state index is 0.0287. The molecular formula is C21H22N4O5S. The fourth-order valence-corrected chi connectivity index (χ4v) is 4.95. The van der Waals surface area contributed by atoms with Gasteiger partial charge in [-0.15, -0.1) is 0 Å². The van der Waals surface area contributed by atoms with Gasteiger partial charge in [0, 0.05) is 37.2 Å². The van der Waals surface area contributed by atoms with Gasteiger partial charge in [-0.1, -0.05) is 18.0 Å². The molecule has 3 aliphatic heterocycles. The van der Waals surface area contributed by atoms with E-state index in [2.05, 4.69) is 14.9 Å². The SMILES string of the molecule is COc1ccc2c(c1)C(=O)N(C[C@@]1(c3cc4c(o3)CCN(SC)C4)NC(=O)NC1=O)C2.